The highest BCUT2D eigenvalue weighted by Gasteiger charge is 2.29. The lowest BCUT2D eigenvalue weighted by atomic mass is 10.1. The normalized spacial score (nSPS) is 19.9. The molecule has 1 atom stereocenters. The Balaban J connectivity index is 1.99. The van der Waals surface area contributed by atoms with Gasteiger partial charge in [0, 0.05) is 25.2 Å². The number of nitrogens with zero attached hydrogens (tertiary/aromatic N) is 1. The summed E-state index contributed by atoms with van der Waals surface area (Å²) in [7, 11) is -6.52. The van der Waals surface area contributed by atoms with Crippen LogP contribution in [0.15, 0.2) is 29.2 Å². The number of rotatable bonds is 7. The topological polar surface area (TPSA) is 101 Å². The molecule has 25 heavy (non-hydrogen) atoms. The summed E-state index contributed by atoms with van der Waals surface area (Å²) in [5, 5.41) is 2.69. The predicted octanol–water partition coefficient (Wildman–Crippen LogP) is 1.48. The van der Waals surface area contributed by atoms with E-state index in [4.69, 9.17) is 0 Å². The molecule has 0 radical (unpaired) electrons. The van der Waals surface area contributed by atoms with Crippen molar-refractivity contribution in [1.82, 2.24) is 4.31 Å². The average molecular weight is 389 g/mol. The lowest BCUT2D eigenvalue weighted by Crippen LogP contribution is -2.30. The maximum absolute atomic E-state index is 12.4. The summed E-state index contributed by atoms with van der Waals surface area (Å²) in [6, 6.07) is 6.01. The third kappa shape index (κ3) is 5.02. The number of sulfone groups is 1. The van der Waals surface area contributed by atoms with Crippen molar-refractivity contribution in [2.24, 2.45) is 5.92 Å². The fourth-order valence-corrected chi connectivity index (χ4v) is 6.25. The highest BCUT2D eigenvalue weighted by Crippen LogP contribution is 2.23. The smallest absolute Gasteiger partial charge is 0.243 e. The van der Waals surface area contributed by atoms with E-state index in [1.807, 2.05) is 0 Å². The van der Waals surface area contributed by atoms with Crippen molar-refractivity contribution in [3.63, 3.8) is 0 Å². The van der Waals surface area contributed by atoms with Gasteiger partial charge in [0.1, 0.15) is 0 Å². The SMILES string of the molecule is CCN(CC)S(=O)(=O)c1ccc(NC(=O)C[C@@H]2CCS(=O)(=O)C2)cc1. The Labute approximate surface area is 149 Å². The largest absolute Gasteiger partial charge is 0.326 e. The number of carbonyl (C=O) groups is 1. The summed E-state index contributed by atoms with van der Waals surface area (Å²) in [6.07, 6.45) is 0.662. The molecule has 1 amide bonds. The molecule has 1 aromatic rings. The lowest BCUT2D eigenvalue weighted by Gasteiger charge is -2.18. The monoisotopic (exact) mass is 388 g/mol. The molecule has 1 fully saturated rings. The number of benzene rings is 1. The van der Waals surface area contributed by atoms with Gasteiger partial charge in [0.2, 0.25) is 15.9 Å². The Morgan fingerprint density at radius 2 is 1.80 bits per heavy atom. The molecule has 0 saturated carbocycles. The second kappa shape index (κ2) is 7.84. The molecular formula is C16H24N2O5S2. The van der Waals surface area contributed by atoms with Crippen LogP contribution < -0.4 is 5.32 Å². The number of hydrogen-bond donors (Lipinski definition) is 1. The van der Waals surface area contributed by atoms with E-state index in [0.717, 1.165) is 0 Å². The number of amides is 1. The van der Waals surface area contributed by atoms with Crippen molar-refractivity contribution >= 4 is 31.5 Å². The van der Waals surface area contributed by atoms with Gasteiger partial charge in [0.05, 0.1) is 16.4 Å². The van der Waals surface area contributed by atoms with E-state index < -0.39 is 19.9 Å². The highest BCUT2D eigenvalue weighted by atomic mass is 32.2. The van der Waals surface area contributed by atoms with Crippen LogP contribution >= 0.6 is 0 Å². The van der Waals surface area contributed by atoms with E-state index in [0.29, 0.717) is 25.2 Å². The molecule has 0 unspecified atom stereocenters. The third-order valence-corrected chi connectivity index (χ3v) is 8.18. The minimum Gasteiger partial charge on any atom is -0.326 e. The van der Waals surface area contributed by atoms with Gasteiger partial charge >= 0.3 is 0 Å². The van der Waals surface area contributed by atoms with Crippen molar-refractivity contribution in [1.29, 1.82) is 0 Å². The van der Waals surface area contributed by atoms with Gasteiger partial charge in [0.25, 0.3) is 0 Å². The van der Waals surface area contributed by atoms with Gasteiger partial charge < -0.3 is 5.32 Å². The zero-order chi connectivity index (χ0) is 18.7. The maximum Gasteiger partial charge on any atom is 0.243 e. The van der Waals surface area contributed by atoms with E-state index in [1.54, 1.807) is 26.0 Å². The molecule has 1 aliphatic rings. The van der Waals surface area contributed by atoms with E-state index in [-0.39, 0.29) is 34.6 Å². The molecule has 0 aromatic heterocycles. The zero-order valence-electron chi connectivity index (χ0n) is 14.4. The first-order valence-electron chi connectivity index (χ1n) is 8.28. The molecule has 0 aliphatic carbocycles. The van der Waals surface area contributed by atoms with Crippen molar-refractivity contribution in [3.05, 3.63) is 24.3 Å². The van der Waals surface area contributed by atoms with Gasteiger partial charge in [-0.1, -0.05) is 13.8 Å². The Morgan fingerprint density at radius 3 is 2.28 bits per heavy atom. The Morgan fingerprint density at radius 1 is 1.20 bits per heavy atom. The van der Waals surface area contributed by atoms with Crippen molar-refractivity contribution in [2.75, 3.05) is 29.9 Å². The van der Waals surface area contributed by atoms with E-state index >= 15 is 0 Å². The summed E-state index contributed by atoms with van der Waals surface area (Å²) in [4.78, 5) is 12.2. The molecule has 1 N–H and O–H groups in total. The molecule has 140 valence electrons. The molecule has 7 nitrogen and oxygen atoms in total. The molecule has 0 bridgehead atoms. The molecule has 1 saturated heterocycles. The highest BCUT2D eigenvalue weighted by molar-refractivity contribution is 7.91. The van der Waals surface area contributed by atoms with Crippen LogP contribution in [-0.4, -0.2) is 51.6 Å². The van der Waals surface area contributed by atoms with Crippen molar-refractivity contribution in [2.45, 2.75) is 31.6 Å². The molecular weight excluding hydrogens is 364 g/mol. The summed E-state index contributed by atoms with van der Waals surface area (Å²) < 4.78 is 49.0. The fourth-order valence-electron chi connectivity index (χ4n) is 2.93. The van der Waals surface area contributed by atoms with Crippen LogP contribution in [0.25, 0.3) is 0 Å². The van der Waals surface area contributed by atoms with Crippen molar-refractivity contribution in [3.8, 4) is 0 Å². The minimum atomic E-state index is -3.52. The van der Waals surface area contributed by atoms with Crippen LogP contribution in [0.3, 0.4) is 0 Å². The van der Waals surface area contributed by atoms with Crippen LogP contribution in [0.4, 0.5) is 5.69 Å². The van der Waals surface area contributed by atoms with Crippen LogP contribution in [0.2, 0.25) is 0 Å². The van der Waals surface area contributed by atoms with Gasteiger partial charge in [-0.15, -0.1) is 0 Å². The summed E-state index contributed by atoms with van der Waals surface area (Å²) in [6.45, 7) is 4.33. The van der Waals surface area contributed by atoms with E-state index in [1.165, 1.54) is 16.4 Å². The van der Waals surface area contributed by atoms with Crippen LogP contribution in [0, 0.1) is 5.92 Å². The Kier molecular flexibility index (Phi) is 6.23. The van der Waals surface area contributed by atoms with Gasteiger partial charge in [-0.05, 0) is 36.6 Å². The standard InChI is InChI=1S/C16H24N2O5S2/c1-3-18(4-2)25(22,23)15-7-5-14(6-8-15)17-16(19)11-13-9-10-24(20,21)12-13/h5-8,13H,3-4,9-12H2,1-2H3,(H,17,19)/t13-/m0/s1. The lowest BCUT2D eigenvalue weighted by molar-refractivity contribution is -0.116. The van der Waals surface area contributed by atoms with Crippen LogP contribution in [0.1, 0.15) is 26.7 Å². The van der Waals surface area contributed by atoms with Crippen molar-refractivity contribution < 1.29 is 21.6 Å². The number of carbonyl (C=O) groups excluding carboxylic acids is 1. The van der Waals surface area contributed by atoms with Gasteiger partial charge in [0.15, 0.2) is 9.84 Å². The first-order chi connectivity index (χ1) is 11.7. The van der Waals surface area contributed by atoms with Gasteiger partial charge in [-0.25, -0.2) is 16.8 Å². The number of nitrogens with one attached hydrogen (secondary N) is 1. The van der Waals surface area contributed by atoms with E-state index in [2.05, 4.69) is 5.32 Å². The Hall–Kier alpha value is -1.45. The fraction of sp³-hybridized carbons (Fsp3) is 0.562. The quantitative estimate of drug-likeness (QED) is 0.762. The van der Waals surface area contributed by atoms with E-state index in [9.17, 15) is 21.6 Å². The van der Waals surface area contributed by atoms with Gasteiger partial charge in [-0.2, -0.15) is 4.31 Å². The van der Waals surface area contributed by atoms with Gasteiger partial charge in [-0.3, -0.25) is 4.79 Å². The maximum atomic E-state index is 12.4. The molecule has 1 aliphatic heterocycles. The van der Waals surface area contributed by atoms with Crippen LogP contribution in [0.5, 0.6) is 0 Å². The summed E-state index contributed by atoms with van der Waals surface area (Å²) >= 11 is 0. The van der Waals surface area contributed by atoms with Crippen LogP contribution in [-0.2, 0) is 24.7 Å². The molecule has 9 heteroatoms. The first-order valence-corrected chi connectivity index (χ1v) is 11.5. The third-order valence-electron chi connectivity index (χ3n) is 4.28. The summed E-state index contributed by atoms with van der Waals surface area (Å²) in [5.74, 6) is -0.210. The summed E-state index contributed by atoms with van der Waals surface area (Å²) in [5.41, 5.74) is 0.490. The molecule has 1 heterocycles. The second-order valence-electron chi connectivity index (χ2n) is 6.14. The number of anilines is 1. The minimum absolute atomic E-state index is 0.0570. The number of hydrogen-bond acceptors (Lipinski definition) is 5. The molecule has 0 spiro atoms. The number of sulfonamides is 1. The average Bonchev–Trinajstić information content (AvgIpc) is 2.87. The zero-order valence-corrected chi connectivity index (χ0v) is 16.1. The Bertz CT molecular complexity index is 813. The second-order valence-corrected chi connectivity index (χ2v) is 10.3. The molecule has 2 rings (SSSR count). The first kappa shape index (κ1) is 19.9. The predicted molar refractivity (Wildman–Crippen MR) is 96.6 cm³/mol. The molecule has 1 aromatic carbocycles.